The van der Waals surface area contributed by atoms with E-state index in [2.05, 4.69) is 4.74 Å². The maximum Gasteiger partial charge on any atom is 0.426 e. The van der Waals surface area contributed by atoms with Gasteiger partial charge >= 0.3 is 6.18 Å². The molecular formula is C10H12F3NO3S. The summed E-state index contributed by atoms with van der Waals surface area (Å²) in [5.74, 6) is -0.189. The van der Waals surface area contributed by atoms with E-state index < -0.39 is 28.7 Å². The quantitative estimate of drug-likeness (QED) is 0.905. The van der Waals surface area contributed by atoms with Crippen LogP contribution in [0.15, 0.2) is 29.2 Å². The highest BCUT2D eigenvalue weighted by Crippen LogP contribution is 2.26. The summed E-state index contributed by atoms with van der Waals surface area (Å²) in [6.07, 6.45) is -5.81. The summed E-state index contributed by atoms with van der Waals surface area (Å²) in [7, 11) is -3.50. The summed E-state index contributed by atoms with van der Waals surface area (Å²) in [4.78, 5) is -0.113. The van der Waals surface area contributed by atoms with E-state index in [1.165, 1.54) is 18.2 Å². The van der Waals surface area contributed by atoms with Crippen LogP contribution in [0.2, 0.25) is 0 Å². The highest BCUT2D eigenvalue weighted by atomic mass is 32.2. The highest BCUT2D eigenvalue weighted by Gasteiger charge is 2.40. The zero-order chi connectivity index (χ0) is 14.0. The molecule has 0 fully saturated rings. The van der Waals surface area contributed by atoms with Crippen molar-refractivity contribution in [1.29, 1.82) is 0 Å². The van der Waals surface area contributed by atoms with Gasteiger partial charge in [0.15, 0.2) is 9.84 Å². The Kier molecular flexibility index (Phi) is 4.23. The van der Waals surface area contributed by atoms with Crippen molar-refractivity contribution in [2.24, 2.45) is 5.73 Å². The van der Waals surface area contributed by atoms with Crippen LogP contribution in [0.1, 0.15) is 0 Å². The zero-order valence-corrected chi connectivity index (χ0v) is 10.3. The van der Waals surface area contributed by atoms with Crippen LogP contribution in [0.5, 0.6) is 5.75 Å². The lowest BCUT2D eigenvalue weighted by molar-refractivity contribution is -0.191. The third-order valence-electron chi connectivity index (χ3n) is 2.09. The average Bonchev–Trinajstić information content (AvgIpc) is 2.23. The van der Waals surface area contributed by atoms with Crippen LogP contribution < -0.4 is 10.5 Å². The fraction of sp³-hybridized carbons (Fsp3) is 0.400. The molecule has 102 valence electrons. The van der Waals surface area contributed by atoms with Crippen molar-refractivity contribution in [1.82, 2.24) is 0 Å². The molecule has 0 spiro atoms. The summed E-state index contributed by atoms with van der Waals surface area (Å²) in [6, 6.07) is 4.84. The van der Waals surface area contributed by atoms with Gasteiger partial charge in [-0.1, -0.05) is 6.07 Å². The van der Waals surface area contributed by atoms with Crippen LogP contribution in [0.3, 0.4) is 0 Å². The molecule has 8 heteroatoms. The van der Waals surface area contributed by atoms with Gasteiger partial charge in [-0.05, 0) is 18.2 Å². The molecule has 0 aliphatic carbocycles. The molecule has 2 N–H and O–H groups in total. The van der Waals surface area contributed by atoms with Crippen LogP contribution in [0.4, 0.5) is 13.2 Å². The van der Waals surface area contributed by atoms with E-state index in [1.54, 1.807) is 0 Å². The third-order valence-corrected chi connectivity index (χ3v) is 3.20. The van der Waals surface area contributed by atoms with Crippen molar-refractivity contribution < 1.29 is 26.3 Å². The molecule has 1 unspecified atom stereocenters. The van der Waals surface area contributed by atoms with Crippen molar-refractivity contribution in [3.05, 3.63) is 24.3 Å². The second-order valence-corrected chi connectivity index (χ2v) is 5.65. The maximum atomic E-state index is 12.4. The van der Waals surface area contributed by atoms with Gasteiger partial charge in [-0.25, -0.2) is 8.42 Å². The summed E-state index contributed by atoms with van der Waals surface area (Å²) in [5.41, 5.74) is 4.97. The predicted octanol–water partition coefficient (Wildman–Crippen LogP) is 1.36. The van der Waals surface area contributed by atoms with E-state index in [-0.39, 0.29) is 10.6 Å². The van der Waals surface area contributed by atoms with Crippen molar-refractivity contribution in [3.63, 3.8) is 0 Å². The van der Waals surface area contributed by atoms with E-state index in [1.807, 2.05) is 0 Å². The summed E-state index contributed by atoms with van der Waals surface area (Å²) in [6.45, 7) is -0.743. The first-order valence-electron chi connectivity index (χ1n) is 4.88. The molecule has 0 radical (unpaired) electrons. The van der Waals surface area contributed by atoms with Gasteiger partial charge in [-0.15, -0.1) is 0 Å². The molecule has 18 heavy (non-hydrogen) atoms. The van der Waals surface area contributed by atoms with Gasteiger partial charge in [0.2, 0.25) is 6.10 Å². The number of halogens is 3. The normalized spacial score (nSPS) is 14.3. The lowest BCUT2D eigenvalue weighted by Gasteiger charge is -2.20. The van der Waals surface area contributed by atoms with Gasteiger partial charge in [-0.2, -0.15) is 13.2 Å². The minimum atomic E-state index is -4.60. The van der Waals surface area contributed by atoms with E-state index in [0.29, 0.717) is 0 Å². The maximum absolute atomic E-state index is 12.4. The zero-order valence-electron chi connectivity index (χ0n) is 9.44. The monoisotopic (exact) mass is 283 g/mol. The van der Waals surface area contributed by atoms with Crippen molar-refractivity contribution >= 4 is 9.84 Å². The van der Waals surface area contributed by atoms with Crippen LogP contribution in [0, 0.1) is 0 Å². The van der Waals surface area contributed by atoms with E-state index in [0.717, 1.165) is 12.3 Å². The Bertz CT molecular complexity index is 513. The molecule has 1 rings (SSSR count). The topological polar surface area (TPSA) is 69.4 Å². The minimum Gasteiger partial charge on any atom is -0.480 e. The van der Waals surface area contributed by atoms with Gasteiger partial charge in [0.25, 0.3) is 0 Å². The Labute approximate surface area is 102 Å². The number of rotatable bonds is 4. The molecule has 0 aromatic heterocycles. The van der Waals surface area contributed by atoms with Crippen LogP contribution in [0.25, 0.3) is 0 Å². The van der Waals surface area contributed by atoms with Gasteiger partial charge in [0.05, 0.1) is 4.90 Å². The highest BCUT2D eigenvalue weighted by molar-refractivity contribution is 7.90. The Balaban J connectivity index is 2.99. The standard InChI is InChI=1S/C10H12F3NO3S/c1-18(15,16)8-4-2-3-7(5-8)17-9(6-14)10(11,12)13/h2-5,9H,6,14H2,1H3. The van der Waals surface area contributed by atoms with Crippen LogP contribution >= 0.6 is 0 Å². The summed E-state index contributed by atoms with van der Waals surface area (Å²) in [5, 5.41) is 0. The number of hydrogen-bond acceptors (Lipinski definition) is 4. The van der Waals surface area contributed by atoms with Gasteiger partial charge in [0.1, 0.15) is 5.75 Å². The van der Waals surface area contributed by atoms with Crippen molar-refractivity contribution in [2.45, 2.75) is 17.2 Å². The second-order valence-electron chi connectivity index (χ2n) is 3.63. The van der Waals surface area contributed by atoms with Crippen molar-refractivity contribution in [2.75, 3.05) is 12.8 Å². The second kappa shape index (κ2) is 5.15. The smallest absolute Gasteiger partial charge is 0.426 e. The molecule has 1 aromatic rings. The third kappa shape index (κ3) is 3.88. The lowest BCUT2D eigenvalue weighted by atomic mass is 10.3. The van der Waals surface area contributed by atoms with Gasteiger partial charge in [0, 0.05) is 12.8 Å². The summed E-state index contributed by atoms with van der Waals surface area (Å²) >= 11 is 0. The Hall–Kier alpha value is -1.28. The van der Waals surface area contributed by atoms with Crippen LogP contribution in [-0.4, -0.2) is 33.5 Å². The average molecular weight is 283 g/mol. The minimum absolute atomic E-state index is 0.113. The fourth-order valence-corrected chi connectivity index (χ4v) is 1.85. The molecule has 0 saturated heterocycles. The Morgan fingerprint density at radius 1 is 1.39 bits per heavy atom. The molecule has 4 nitrogen and oxygen atoms in total. The number of nitrogens with two attached hydrogens (primary N) is 1. The summed E-state index contributed by atoms with van der Waals surface area (Å²) < 4.78 is 64.4. The van der Waals surface area contributed by atoms with E-state index in [4.69, 9.17) is 5.73 Å². The first-order valence-corrected chi connectivity index (χ1v) is 6.77. The van der Waals surface area contributed by atoms with E-state index in [9.17, 15) is 21.6 Å². The number of ether oxygens (including phenoxy) is 1. The molecule has 0 bridgehead atoms. The predicted molar refractivity (Wildman–Crippen MR) is 59.1 cm³/mol. The molecule has 0 heterocycles. The Morgan fingerprint density at radius 2 is 2.00 bits per heavy atom. The first kappa shape index (κ1) is 14.8. The molecule has 0 aliphatic rings. The van der Waals surface area contributed by atoms with Crippen LogP contribution in [-0.2, 0) is 9.84 Å². The molecule has 0 aliphatic heterocycles. The molecule has 1 atom stereocenters. The largest absolute Gasteiger partial charge is 0.480 e. The SMILES string of the molecule is CS(=O)(=O)c1cccc(OC(CN)C(F)(F)F)c1. The first-order chi connectivity index (χ1) is 8.14. The number of sulfone groups is 1. The Morgan fingerprint density at radius 3 is 2.44 bits per heavy atom. The number of alkyl halides is 3. The van der Waals surface area contributed by atoms with Gasteiger partial charge in [-0.3, -0.25) is 0 Å². The molecular weight excluding hydrogens is 271 g/mol. The number of hydrogen-bond donors (Lipinski definition) is 1. The number of benzene rings is 1. The molecule has 0 amide bonds. The van der Waals surface area contributed by atoms with Crippen molar-refractivity contribution in [3.8, 4) is 5.75 Å². The lowest BCUT2D eigenvalue weighted by Crippen LogP contribution is -2.40. The molecule has 1 aromatic carbocycles. The van der Waals surface area contributed by atoms with E-state index >= 15 is 0 Å². The fourth-order valence-electron chi connectivity index (χ4n) is 1.19. The van der Waals surface area contributed by atoms with Gasteiger partial charge < -0.3 is 10.5 Å². The molecule has 0 saturated carbocycles.